The molecule has 6 nitrogen and oxygen atoms in total. The van der Waals surface area contributed by atoms with Crippen LogP contribution in [-0.4, -0.2) is 48.8 Å². The maximum Gasteiger partial charge on any atom is 0.234 e. The van der Waals surface area contributed by atoms with Crippen LogP contribution >= 0.6 is 0 Å². The number of nitrogens with one attached hydrogen (secondary N) is 1. The lowest BCUT2D eigenvalue weighted by Crippen LogP contribution is -2.59. The number of halogens is 2. The quantitative estimate of drug-likeness (QED) is 0.725. The third-order valence-corrected chi connectivity index (χ3v) is 7.42. The summed E-state index contributed by atoms with van der Waals surface area (Å²) in [5.74, 6) is -3.74. The minimum Gasteiger partial charge on any atom is -0.371 e. The lowest BCUT2D eigenvalue weighted by atomic mass is 9.74. The van der Waals surface area contributed by atoms with Crippen molar-refractivity contribution in [2.45, 2.75) is 51.9 Å². The molecule has 0 spiro atoms. The Morgan fingerprint density at radius 1 is 1.13 bits per heavy atom. The number of carbonyl (C=O) groups excluding carboxylic acids is 3. The molecule has 1 unspecified atom stereocenters. The number of nitrogens with zero attached hydrogens (tertiary/aromatic N) is 2. The van der Waals surface area contributed by atoms with Crippen molar-refractivity contribution in [2.75, 3.05) is 31.1 Å². The second-order valence-corrected chi connectivity index (χ2v) is 9.16. The first-order chi connectivity index (χ1) is 14.8. The van der Waals surface area contributed by atoms with E-state index in [1.54, 1.807) is 0 Å². The van der Waals surface area contributed by atoms with Gasteiger partial charge < -0.3 is 9.80 Å². The van der Waals surface area contributed by atoms with Gasteiger partial charge in [-0.1, -0.05) is 13.8 Å². The molecule has 3 heterocycles. The van der Waals surface area contributed by atoms with Gasteiger partial charge >= 0.3 is 0 Å². The topological polar surface area (TPSA) is 69.7 Å². The summed E-state index contributed by atoms with van der Waals surface area (Å²) in [6, 6.07) is 2.47. The molecular formula is C23H29F2N3O3. The van der Waals surface area contributed by atoms with Crippen molar-refractivity contribution < 1.29 is 23.2 Å². The van der Waals surface area contributed by atoms with Crippen molar-refractivity contribution in [2.24, 2.45) is 11.3 Å². The monoisotopic (exact) mass is 433 g/mol. The average molecular weight is 433 g/mol. The molecule has 3 aliphatic rings. The fourth-order valence-corrected chi connectivity index (χ4v) is 5.13. The van der Waals surface area contributed by atoms with E-state index in [4.69, 9.17) is 0 Å². The number of imide groups is 1. The number of likely N-dealkylation sites (tertiary alicyclic amines) is 1. The first kappa shape index (κ1) is 21.7. The van der Waals surface area contributed by atoms with Gasteiger partial charge in [-0.2, -0.15) is 0 Å². The zero-order valence-electron chi connectivity index (χ0n) is 18.0. The molecule has 3 amide bonds. The van der Waals surface area contributed by atoms with Crippen LogP contribution in [0.25, 0.3) is 0 Å². The SMILES string of the molecule is CCC1(CC)CN(C(=O)[C@H]2CCN(c3cc(F)c(C4CCC(=O)NC4=O)c(F)c3)C2)C1. The molecule has 0 saturated carbocycles. The fraction of sp³-hybridized carbons (Fsp3) is 0.609. The molecule has 0 aromatic heterocycles. The van der Waals surface area contributed by atoms with E-state index in [-0.39, 0.29) is 35.6 Å². The summed E-state index contributed by atoms with van der Waals surface area (Å²) >= 11 is 0. The molecule has 168 valence electrons. The fourth-order valence-electron chi connectivity index (χ4n) is 5.13. The van der Waals surface area contributed by atoms with Gasteiger partial charge in [-0.25, -0.2) is 8.78 Å². The van der Waals surface area contributed by atoms with Crippen molar-refractivity contribution in [3.63, 3.8) is 0 Å². The molecular weight excluding hydrogens is 404 g/mol. The first-order valence-corrected chi connectivity index (χ1v) is 11.1. The van der Waals surface area contributed by atoms with Gasteiger partial charge in [-0.15, -0.1) is 0 Å². The van der Waals surface area contributed by atoms with Gasteiger partial charge in [0.25, 0.3) is 0 Å². The van der Waals surface area contributed by atoms with Crippen molar-refractivity contribution in [1.29, 1.82) is 0 Å². The van der Waals surface area contributed by atoms with Crippen molar-refractivity contribution in [3.8, 4) is 0 Å². The maximum atomic E-state index is 14.8. The Morgan fingerprint density at radius 3 is 2.35 bits per heavy atom. The smallest absolute Gasteiger partial charge is 0.234 e. The van der Waals surface area contributed by atoms with Crippen LogP contribution in [0.15, 0.2) is 12.1 Å². The second-order valence-electron chi connectivity index (χ2n) is 9.16. The molecule has 1 N–H and O–H groups in total. The molecule has 1 aromatic rings. The van der Waals surface area contributed by atoms with Gasteiger partial charge in [-0.3, -0.25) is 19.7 Å². The molecule has 4 rings (SSSR count). The Labute approximate surface area is 181 Å². The van der Waals surface area contributed by atoms with Gasteiger partial charge in [0, 0.05) is 49.3 Å². The minimum absolute atomic E-state index is 0.0564. The average Bonchev–Trinajstić information content (AvgIpc) is 3.19. The third-order valence-electron chi connectivity index (χ3n) is 7.42. The zero-order chi connectivity index (χ0) is 22.3. The molecule has 1 aromatic carbocycles. The Kier molecular flexibility index (Phi) is 5.75. The van der Waals surface area contributed by atoms with E-state index in [9.17, 15) is 23.2 Å². The predicted octanol–water partition coefficient (Wildman–Crippen LogP) is 2.96. The highest BCUT2D eigenvalue weighted by molar-refractivity contribution is 6.01. The Balaban J connectivity index is 1.43. The number of hydrogen-bond acceptors (Lipinski definition) is 4. The molecule has 0 bridgehead atoms. The van der Waals surface area contributed by atoms with Crippen LogP contribution in [0.2, 0.25) is 0 Å². The molecule has 8 heteroatoms. The molecule has 0 radical (unpaired) electrons. The van der Waals surface area contributed by atoms with Crippen LogP contribution in [0, 0.1) is 23.0 Å². The van der Waals surface area contributed by atoms with Crippen LogP contribution in [-0.2, 0) is 14.4 Å². The van der Waals surface area contributed by atoms with Crippen LogP contribution < -0.4 is 10.2 Å². The second kappa shape index (κ2) is 8.20. The number of hydrogen-bond donors (Lipinski definition) is 1. The molecule has 0 aliphatic carbocycles. The zero-order valence-corrected chi connectivity index (χ0v) is 18.0. The highest BCUT2D eigenvalue weighted by Gasteiger charge is 2.45. The Morgan fingerprint density at radius 2 is 1.77 bits per heavy atom. The summed E-state index contributed by atoms with van der Waals surface area (Å²) in [4.78, 5) is 40.0. The Hall–Kier alpha value is -2.51. The number of benzene rings is 1. The first-order valence-electron chi connectivity index (χ1n) is 11.1. The molecule has 3 saturated heterocycles. The molecule has 3 aliphatic heterocycles. The maximum absolute atomic E-state index is 14.8. The number of rotatable bonds is 5. The minimum atomic E-state index is -1.01. The van der Waals surface area contributed by atoms with E-state index in [1.165, 1.54) is 12.1 Å². The summed E-state index contributed by atoms with van der Waals surface area (Å²) in [6.45, 7) is 6.87. The van der Waals surface area contributed by atoms with E-state index in [0.29, 0.717) is 25.2 Å². The molecule has 31 heavy (non-hydrogen) atoms. The predicted molar refractivity (Wildman–Crippen MR) is 111 cm³/mol. The van der Waals surface area contributed by atoms with Crippen LogP contribution in [0.5, 0.6) is 0 Å². The number of piperidine rings is 1. The third kappa shape index (κ3) is 3.92. The van der Waals surface area contributed by atoms with Crippen LogP contribution in [0.4, 0.5) is 14.5 Å². The van der Waals surface area contributed by atoms with Gasteiger partial charge in [0.2, 0.25) is 17.7 Å². The van der Waals surface area contributed by atoms with E-state index in [1.807, 2.05) is 9.80 Å². The van der Waals surface area contributed by atoms with E-state index < -0.39 is 29.4 Å². The summed E-state index contributed by atoms with van der Waals surface area (Å²) in [7, 11) is 0. The van der Waals surface area contributed by atoms with Gasteiger partial charge in [0.05, 0.1) is 11.8 Å². The molecule has 2 atom stereocenters. The lowest BCUT2D eigenvalue weighted by molar-refractivity contribution is -0.147. The number of anilines is 1. The number of carbonyl (C=O) groups is 3. The van der Waals surface area contributed by atoms with Crippen molar-refractivity contribution in [3.05, 3.63) is 29.3 Å². The standard InChI is InChI=1S/C23H29F2N3O3/c1-3-23(4-2)12-28(13-23)22(31)14-7-8-27(11-14)15-9-17(24)20(18(25)10-15)16-5-6-19(29)26-21(16)30/h9-10,14,16H,3-8,11-13H2,1-2H3,(H,26,29,30)/t14-,16?/m0/s1. The summed E-state index contributed by atoms with van der Waals surface area (Å²) in [5, 5.41) is 2.14. The van der Waals surface area contributed by atoms with Crippen LogP contribution in [0.1, 0.15) is 57.4 Å². The van der Waals surface area contributed by atoms with Crippen molar-refractivity contribution >= 4 is 23.4 Å². The van der Waals surface area contributed by atoms with Gasteiger partial charge in [0.1, 0.15) is 11.6 Å². The highest BCUT2D eigenvalue weighted by Crippen LogP contribution is 2.39. The van der Waals surface area contributed by atoms with Gasteiger partial charge in [-0.05, 0) is 37.8 Å². The van der Waals surface area contributed by atoms with E-state index in [0.717, 1.165) is 25.9 Å². The normalized spacial score (nSPS) is 25.4. The summed E-state index contributed by atoms with van der Waals surface area (Å²) in [5.41, 5.74) is 0.324. The summed E-state index contributed by atoms with van der Waals surface area (Å²) < 4.78 is 29.6. The van der Waals surface area contributed by atoms with Crippen LogP contribution in [0.3, 0.4) is 0 Å². The Bertz CT molecular complexity index is 884. The van der Waals surface area contributed by atoms with E-state index >= 15 is 0 Å². The van der Waals surface area contributed by atoms with Gasteiger partial charge in [0.15, 0.2) is 0 Å². The summed E-state index contributed by atoms with van der Waals surface area (Å²) in [6.07, 6.45) is 2.91. The van der Waals surface area contributed by atoms with E-state index in [2.05, 4.69) is 19.2 Å². The highest BCUT2D eigenvalue weighted by atomic mass is 19.1. The lowest BCUT2D eigenvalue weighted by Gasteiger charge is -2.50. The largest absolute Gasteiger partial charge is 0.371 e. The molecule has 3 fully saturated rings. The number of amides is 3. The van der Waals surface area contributed by atoms with Crippen molar-refractivity contribution in [1.82, 2.24) is 10.2 Å².